The lowest BCUT2D eigenvalue weighted by Gasteiger charge is -2.08. The lowest BCUT2D eigenvalue weighted by molar-refractivity contribution is 0.0998. The van der Waals surface area contributed by atoms with Crippen LogP contribution in [0.3, 0.4) is 0 Å². The van der Waals surface area contributed by atoms with E-state index in [0.717, 1.165) is 3.57 Å². The number of amides is 1. The Kier molecular flexibility index (Phi) is 3.63. The van der Waals surface area contributed by atoms with Gasteiger partial charge in [-0.1, -0.05) is 12.1 Å². The first-order chi connectivity index (χ1) is 8.16. The van der Waals surface area contributed by atoms with E-state index >= 15 is 0 Å². The molecule has 0 aliphatic rings. The zero-order valence-electron chi connectivity index (χ0n) is 8.89. The Morgan fingerprint density at radius 3 is 2.35 bits per heavy atom. The van der Waals surface area contributed by atoms with Crippen molar-refractivity contribution in [2.75, 3.05) is 0 Å². The van der Waals surface area contributed by atoms with Gasteiger partial charge in [-0.05, 0) is 59.0 Å². The summed E-state index contributed by atoms with van der Waals surface area (Å²) >= 11 is 2.22. The minimum atomic E-state index is -0.494. The molecule has 0 radical (unpaired) electrons. The molecule has 0 aromatic heterocycles. The predicted octanol–water partition coefficient (Wildman–Crippen LogP) is 3.18. The topological polar surface area (TPSA) is 52.3 Å². The second-order valence-electron chi connectivity index (χ2n) is 3.42. The molecule has 0 atom stereocenters. The first-order valence-corrected chi connectivity index (χ1v) is 6.07. The Balaban J connectivity index is 2.30. The third-order valence-electron chi connectivity index (χ3n) is 2.19. The van der Waals surface area contributed by atoms with Crippen molar-refractivity contribution in [3.05, 3.63) is 57.7 Å². The van der Waals surface area contributed by atoms with Gasteiger partial charge >= 0.3 is 0 Å². The van der Waals surface area contributed by atoms with Gasteiger partial charge in [0, 0.05) is 3.57 Å². The summed E-state index contributed by atoms with van der Waals surface area (Å²) in [4.78, 5) is 11.2. The number of para-hydroxylation sites is 1. The van der Waals surface area contributed by atoms with E-state index in [-0.39, 0.29) is 0 Å². The summed E-state index contributed by atoms with van der Waals surface area (Å²) in [5.41, 5.74) is 5.65. The third-order valence-corrected chi connectivity index (χ3v) is 2.91. The number of rotatable bonds is 3. The molecule has 0 aliphatic heterocycles. The van der Waals surface area contributed by atoms with Gasteiger partial charge in [0.15, 0.2) is 0 Å². The Morgan fingerprint density at radius 2 is 1.71 bits per heavy atom. The lowest BCUT2D eigenvalue weighted by Crippen LogP contribution is -2.11. The molecule has 2 aromatic carbocycles. The molecule has 2 N–H and O–H groups in total. The number of halogens is 1. The fraction of sp³-hybridized carbons (Fsp3) is 0. The van der Waals surface area contributed by atoms with Gasteiger partial charge in [-0.25, -0.2) is 0 Å². The van der Waals surface area contributed by atoms with E-state index in [0.29, 0.717) is 17.1 Å². The Bertz CT molecular complexity index is 537. The Morgan fingerprint density at radius 1 is 1.06 bits per heavy atom. The predicted molar refractivity (Wildman–Crippen MR) is 74.2 cm³/mol. The van der Waals surface area contributed by atoms with Crippen LogP contribution in [-0.4, -0.2) is 5.91 Å². The number of carbonyl (C=O) groups excluding carboxylic acids is 1. The Hall–Kier alpha value is -1.56. The number of ether oxygens (including phenoxy) is 1. The number of benzene rings is 2. The second-order valence-corrected chi connectivity index (χ2v) is 4.66. The van der Waals surface area contributed by atoms with Crippen LogP contribution in [0.5, 0.6) is 11.5 Å². The zero-order chi connectivity index (χ0) is 12.3. The molecule has 0 bridgehead atoms. The van der Waals surface area contributed by atoms with Gasteiger partial charge < -0.3 is 10.5 Å². The van der Waals surface area contributed by atoms with Crippen LogP contribution >= 0.6 is 22.6 Å². The summed E-state index contributed by atoms with van der Waals surface area (Å²) in [5, 5.41) is 0. The number of hydrogen-bond donors (Lipinski definition) is 1. The summed E-state index contributed by atoms with van der Waals surface area (Å²) in [5.74, 6) is 0.659. The van der Waals surface area contributed by atoms with Gasteiger partial charge in [0.1, 0.15) is 11.5 Å². The number of carbonyl (C=O) groups is 1. The molecule has 1 amide bonds. The summed E-state index contributed by atoms with van der Waals surface area (Å²) < 4.78 is 6.74. The van der Waals surface area contributed by atoms with E-state index in [1.54, 1.807) is 24.3 Å². The SMILES string of the molecule is NC(=O)c1ccccc1Oc1ccc(I)cc1. The molecular weight excluding hydrogens is 329 g/mol. The van der Waals surface area contributed by atoms with Gasteiger partial charge in [0.2, 0.25) is 0 Å². The lowest BCUT2D eigenvalue weighted by atomic mass is 10.2. The fourth-order valence-electron chi connectivity index (χ4n) is 1.39. The van der Waals surface area contributed by atoms with Crippen molar-refractivity contribution in [3.63, 3.8) is 0 Å². The highest BCUT2D eigenvalue weighted by Crippen LogP contribution is 2.25. The maximum atomic E-state index is 11.2. The molecule has 2 aromatic rings. The molecular formula is C13H10INO2. The monoisotopic (exact) mass is 339 g/mol. The van der Waals surface area contributed by atoms with Crippen molar-refractivity contribution in [1.82, 2.24) is 0 Å². The molecule has 0 saturated carbocycles. The molecule has 2 rings (SSSR count). The van der Waals surface area contributed by atoms with Crippen molar-refractivity contribution in [2.45, 2.75) is 0 Å². The quantitative estimate of drug-likeness (QED) is 0.874. The highest BCUT2D eigenvalue weighted by atomic mass is 127. The molecule has 3 nitrogen and oxygen atoms in total. The highest BCUT2D eigenvalue weighted by Gasteiger charge is 2.08. The Labute approximate surface area is 113 Å². The molecule has 17 heavy (non-hydrogen) atoms. The number of nitrogens with two attached hydrogens (primary N) is 1. The maximum absolute atomic E-state index is 11.2. The maximum Gasteiger partial charge on any atom is 0.252 e. The van der Waals surface area contributed by atoms with Crippen LogP contribution in [0.15, 0.2) is 48.5 Å². The molecule has 0 saturated heterocycles. The van der Waals surface area contributed by atoms with E-state index in [1.807, 2.05) is 24.3 Å². The zero-order valence-corrected chi connectivity index (χ0v) is 11.0. The minimum Gasteiger partial charge on any atom is -0.457 e. The standard InChI is InChI=1S/C13H10INO2/c14-9-5-7-10(8-6-9)17-12-4-2-1-3-11(12)13(15)16/h1-8H,(H2,15,16). The second kappa shape index (κ2) is 5.18. The number of primary amides is 1. The van der Waals surface area contributed by atoms with Gasteiger partial charge in [0.25, 0.3) is 5.91 Å². The average molecular weight is 339 g/mol. The van der Waals surface area contributed by atoms with Crippen LogP contribution in [0.25, 0.3) is 0 Å². The van der Waals surface area contributed by atoms with Crippen LogP contribution < -0.4 is 10.5 Å². The third kappa shape index (κ3) is 2.97. The van der Waals surface area contributed by atoms with E-state index in [9.17, 15) is 4.79 Å². The minimum absolute atomic E-state index is 0.381. The molecule has 86 valence electrons. The normalized spacial score (nSPS) is 9.94. The molecule has 0 spiro atoms. The van der Waals surface area contributed by atoms with E-state index < -0.39 is 5.91 Å². The van der Waals surface area contributed by atoms with E-state index in [2.05, 4.69) is 22.6 Å². The highest BCUT2D eigenvalue weighted by molar-refractivity contribution is 14.1. The van der Waals surface area contributed by atoms with Gasteiger partial charge in [-0.15, -0.1) is 0 Å². The van der Waals surface area contributed by atoms with E-state index in [4.69, 9.17) is 10.5 Å². The van der Waals surface area contributed by atoms with Crippen LogP contribution in [0.1, 0.15) is 10.4 Å². The number of hydrogen-bond acceptors (Lipinski definition) is 2. The first-order valence-electron chi connectivity index (χ1n) is 4.99. The summed E-state index contributed by atoms with van der Waals surface area (Å²) in [7, 11) is 0. The van der Waals surface area contributed by atoms with Crippen molar-refractivity contribution in [2.24, 2.45) is 5.73 Å². The molecule has 0 unspecified atom stereocenters. The van der Waals surface area contributed by atoms with Crippen LogP contribution in [-0.2, 0) is 0 Å². The summed E-state index contributed by atoms with van der Waals surface area (Å²) in [6.07, 6.45) is 0. The van der Waals surface area contributed by atoms with E-state index in [1.165, 1.54) is 0 Å². The summed E-state index contributed by atoms with van der Waals surface area (Å²) in [6.45, 7) is 0. The first kappa shape index (κ1) is 11.9. The molecule has 4 heteroatoms. The fourth-order valence-corrected chi connectivity index (χ4v) is 1.75. The molecule has 0 aliphatic carbocycles. The molecule has 0 heterocycles. The smallest absolute Gasteiger partial charge is 0.252 e. The van der Waals surface area contributed by atoms with Crippen LogP contribution in [0.4, 0.5) is 0 Å². The van der Waals surface area contributed by atoms with Crippen molar-refractivity contribution < 1.29 is 9.53 Å². The largest absolute Gasteiger partial charge is 0.457 e. The van der Waals surface area contributed by atoms with Crippen LogP contribution in [0.2, 0.25) is 0 Å². The van der Waals surface area contributed by atoms with Gasteiger partial charge in [-0.3, -0.25) is 4.79 Å². The van der Waals surface area contributed by atoms with Gasteiger partial charge in [-0.2, -0.15) is 0 Å². The van der Waals surface area contributed by atoms with Crippen molar-refractivity contribution >= 4 is 28.5 Å². The van der Waals surface area contributed by atoms with Gasteiger partial charge in [0.05, 0.1) is 5.56 Å². The van der Waals surface area contributed by atoms with Crippen molar-refractivity contribution in [3.8, 4) is 11.5 Å². The molecule has 0 fully saturated rings. The van der Waals surface area contributed by atoms with Crippen molar-refractivity contribution in [1.29, 1.82) is 0 Å². The average Bonchev–Trinajstić information content (AvgIpc) is 2.32. The summed E-state index contributed by atoms with van der Waals surface area (Å²) in [6, 6.07) is 14.5. The van der Waals surface area contributed by atoms with Crippen LogP contribution in [0, 0.1) is 3.57 Å².